The molecular weight excluding hydrogens is 228 g/mol. The highest BCUT2D eigenvalue weighted by atomic mass is 79.9. The molecule has 0 aliphatic rings. The molecule has 1 aromatic rings. The molecule has 1 heterocycles. The average molecular weight is 233 g/mol. The fourth-order valence-corrected chi connectivity index (χ4v) is 1.97. The molecule has 0 saturated carbocycles. The van der Waals surface area contributed by atoms with E-state index in [9.17, 15) is 4.79 Å². The molecule has 1 N–H and O–H groups in total. The van der Waals surface area contributed by atoms with Crippen LogP contribution in [0.25, 0.3) is 6.08 Å². The van der Waals surface area contributed by atoms with E-state index in [4.69, 9.17) is 5.11 Å². The molecule has 2 nitrogen and oxygen atoms in total. The van der Waals surface area contributed by atoms with Gasteiger partial charge < -0.3 is 5.11 Å². The quantitative estimate of drug-likeness (QED) is 0.797. The summed E-state index contributed by atoms with van der Waals surface area (Å²) in [5.41, 5.74) is 0. The fraction of sp³-hybridized carbons (Fsp3) is 0. The average Bonchev–Trinajstić information content (AvgIpc) is 2.31. The van der Waals surface area contributed by atoms with Gasteiger partial charge in [-0.05, 0) is 33.5 Å². The molecule has 0 aromatic carbocycles. The van der Waals surface area contributed by atoms with E-state index < -0.39 is 5.97 Å². The molecule has 0 atom stereocenters. The summed E-state index contributed by atoms with van der Waals surface area (Å²) in [5, 5.41) is 10.2. The standard InChI is InChI=1S/C7H5BrO2S/c8-5-3-4-11-6(5)1-2-7(9)10/h1-4H,(H,9,10)/b2-1+. The lowest BCUT2D eigenvalue weighted by molar-refractivity contribution is -0.131. The van der Waals surface area contributed by atoms with E-state index in [2.05, 4.69) is 15.9 Å². The number of thiophene rings is 1. The van der Waals surface area contributed by atoms with Gasteiger partial charge >= 0.3 is 5.97 Å². The number of hydrogen-bond acceptors (Lipinski definition) is 2. The van der Waals surface area contributed by atoms with Crippen LogP contribution in [0.15, 0.2) is 22.0 Å². The van der Waals surface area contributed by atoms with E-state index in [-0.39, 0.29) is 0 Å². The van der Waals surface area contributed by atoms with E-state index in [0.29, 0.717) is 0 Å². The Balaban J connectivity index is 2.79. The molecule has 0 aliphatic carbocycles. The number of hydrogen-bond donors (Lipinski definition) is 1. The first-order valence-electron chi connectivity index (χ1n) is 2.84. The van der Waals surface area contributed by atoms with Crippen molar-refractivity contribution >= 4 is 39.3 Å². The zero-order chi connectivity index (χ0) is 8.27. The largest absolute Gasteiger partial charge is 0.478 e. The van der Waals surface area contributed by atoms with Gasteiger partial charge in [0, 0.05) is 15.4 Å². The second-order valence-corrected chi connectivity index (χ2v) is 3.61. The highest BCUT2D eigenvalue weighted by molar-refractivity contribution is 9.10. The highest BCUT2D eigenvalue weighted by Crippen LogP contribution is 2.23. The van der Waals surface area contributed by atoms with Gasteiger partial charge in [-0.25, -0.2) is 4.79 Å². The van der Waals surface area contributed by atoms with Crippen molar-refractivity contribution in [2.45, 2.75) is 0 Å². The van der Waals surface area contributed by atoms with Gasteiger partial charge in [0.1, 0.15) is 0 Å². The Kier molecular flexibility index (Phi) is 2.84. The molecule has 0 radical (unpaired) electrons. The molecule has 0 saturated heterocycles. The Bertz CT molecular complexity index is 290. The molecule has 0 amide bonds. The molecule has 1 aromatic heterocycles. The van der Waals surface area contributed by atoms with E-state index >= 15 is 0 Å². The maximum absolute atomic E-state index is 10.1. The minimum atomic E-state index is -0.926. The SMILES string of the molecule is O=C(O)/C=C/c1sccc1Br. The van der Waals surface area contributed by atoms with E-state index in [1.807, 2.05) is 11.4 Å². The Morgan fingerprint density at radius 1 is 1.73 bits per heavy atom. The van der Waals surface area contributed by atoms with Gasteiger partial charge in [0.05, 0.1) is 0 Å². The predicted molar refractivity (Wildman–Crippen MR) is 48.7 cm³/mol. The van der Waals surface area contributed by atoms with E-state index in [1.54, 1.807) is 6.08 Å². The minimum Gasteiger partial charge on any atom is -0.478 e. The van der Waals surface area contributed by atoms with Crippen molar-refractivity contribution in [3.05, 3.63) is 26.9 Å². The van der Waals surface area contributed by atoms with Crippen LogP contribution in [0.3, 0.4) is 0 Å². The van der Waals surface area contributed by atoms with Gasteiger partial charge in [-0.2, -0.15) is 0 Å². The van der Waals surface area contributed by atoms with Crippen molar-refractivity contribution in [1.29, 1.82) is 0 Å². The summed E-state index contributed by atoms with van der Waals surface area (Å²) in [6.45, 7) is 0. The monoisotopic (exact) mass is 232 g/mol. The predicted octanol–water partition coefficient (Wildman–Crippen LogP) is 2.61. The van der Waals surface area contributed by atoms with Crippen molar-refractivity contribution in [2.75, 3.05) is 0 Å². The Hall–Kier alpha value is -0.610. The van der Waals surface area contributed by atoms with Gasteiger partial charge in [0.2, 0.25) is 0 Å². The van der Waals surface area contributed by atoms with Crippen LogP contribution in [0.1, 0.15) is 4.88 Å². The lowest BCUT2D eigenvalue weighted by Gasteiger charge is -1.84. The third-order valence-electron chi connectivity index (χ3n) is 1.02. The second-order valence-electron chi connectivity index (χ2n) is 1.80. The maximum atomic E-state index is 10.1. The molecule has 58 valence electrons. The number of halogens is 1. The first kappa shape index (κ1) is 8.49. The van der Waals surface area contributed by atoms with Crippen LogP contribution in [0.4, 0.5) is 0 Å². The van der Waals surface area contributed by atoms with Crippen LogP contribution < -0.4 is 0 Å². The summed E-state index contributed by atoms with van der Waals surface area (Å²) in [6.07, 6.45) is 2.69. The smallest absolute Gasteiger partial charge is 0.328 e. The zero-order valence-electron chi connectivity index (χ0n) is 5.45. The molecule has 0 bridgehead atoms. The molecule has 4 heteroatoms. The molecule has 11 heavy (non-hydrogen) atoms. The number of aliphatic carboxylic acids is 1. The van der Waals surface area contributed by atoms with Crippen molar-refractivity contribution in [2.24, 2.45) is 0 Å². The first-order valence-corrected chi connectivity index (χ1v) is 4.51. The molecule has 0 aliphatic heterocycles. The van der Waals surface area contributed by atoms with Gasteiger partial charge in [-0.1, -0.05) is 0 Å². The van der Waals surface area contributed by atoms with Gasteiger partial charge in [-0.15, -0.1) is 11.3 Å². The topological polar surface area (TPSA) is 37.3 Å². The summed E-state index contributed by atoms with van der Waals surface area (Å²) in [6, 6.07) is 1.88. The van der Waals surface area contributed by atoms with Crippen LogP contribution in [0, 0.1) is 0 Å². The molecule has 0 fully saturated rings. The summed E-state index contributed by atoms with van der Waals surface area (Å²) >= 11 is 4.78. The van der Waals surface area contributed by atoms with Crippen LogP contribution in [-0.4, -0.2) is 11.1 Å². The first-order chi connectivity index (χ1) is 5.20. The summed E-state index contributed by atoms with van der Waals surface area (Å²) in [7, 11) is 0. The minimum absolute atomic E-state index is 0.924. The number of carbonyl (C=O) groups is 1. The second kappa shape index (κ2) is 3.69. The Labute approximate surface area is 76.3 Å². The normalized spacial score (nSPS) is 10.6. The van der Waals surface area contributed by atoms with Gasteiger partial charge in [-0.3, -0.25) is 0 Å². The third-order valence-corrected chi connectivity index (χ3v) is 2.86. The molecule has 0 unspecified atom stereocenters. The Morgan fingerprint density at radius 3 is 2.91 bits per heavy atom. The van der Waals surface area contributed by atoms with Crippen molar-refractivity contribution in [3.63, 3.8) is 0 Å². The Morgan fingerprint density at radius 2 is 2.45 bits per heavy atom. The fourth-order valence-electron chi connectivity index (χ4n) is 0.571. The van der Waals surface area contributed by atoms with E-state index in [1.165, 1.54) is 11.3 Å². The lowest BCUT2D eigenvalue weighted by Crippen LogP contribution is -1.84. The summed E-state index contributed by atoms with van der Waals surface area (Å²) in [4.78, 5) is 11.0. The third kappa shape index (κ3) is 2.48. The molecular formula is C7H5BrO2S. The molecule has 0 spiro atoms. The molecule has 1 rings (SSSR count). The van der Waals surface area contributed by atoms with Crippen LogP contribution in [0.2, 0.25) is 0 Å². The van der Waals surface area contributed by atoms with Crippen molar-refractivity contribution in [1.82, 2.24) is 0 Å². The van der Waals surface area contributed by atoms with Crippen LogP contribution in [-0.2, 0) is 4.79 Å². The van der Waals surface area contributed by atoms with Gasteiger partial charge in [0.25, 0.3) is 0 Å². The highest BCUT2D eigenvalue weighted by Gasteiger charge is 1.96. The zero-order valence-corrected chi connectivity index (χ0v) is 7.85. The van der Waals surface area contributed by atoms with Crippen molar-refractivity contribution < 1.29 is 9.90 Å². The van der Waals surface area contributed by atoms with Gasteiger partial charge in [0.15, 0.2) is 0 Å². The maximum Gasteiger partial charge on any atom is 0.328 e. The number of carboxylic acids is 1. The lowest BCUT2D eigenvalue weighted by atomic mass is 10.4. The number of rotatable bonds is 2. The van der Waals surface area contributed by atoms with E-state index in [0.717, 1.165) is 15.4 Å². The number of carboxylic acid groups (broad SMARTS) is 1. The summed E-state index contributed by atoms with van der Waals surface area (Å²) < 4.78 is 0.931. The van der Waals surface area contributed by atoms with Crippen molar-refractivity contribution in [3.8, 4) is 0 Å². The summed E-state index contributed by atoms with van der Waals surface area (Å²) in [5.74, 6) is -0.926. The van der Waals surface area contributed by atoms with Crippen LogP contribution >= 0.6 is 27.3 Å². The van der Waals surface area contributed by atoms with Crippen LogP contribution in [0.5, 0.6) is 0 Å².